The van der Waals surface area contributed by atoms with E-state index in [9.17, 15) is 9.59 Å². The number of amides is 1. The molecule has 0 saturated carbocycles. The first kappa shape index (κ1) is 25.2. The largest absolute Gasteiger partial charge is 0.483 e. The van der Waals surface area contributed by atoms with Crippen molar-refractivity contribution in [1.82, 2.24) is 14.8 Å². The molecule has 186 valence electrons. The molecular formula is C25H30N4O4S2. The molecule has 2 aromatic heterocycles. The number of nitrogens with one attached hydrogen (secondary N) is 1. The van der Waals surface area contributed by atoms with Crippen LogP contribution in [0.2, 0.25) is 0 Å². The van der Waals surface area contributed by atoms with E-state index < -0.39 is 5.97 Å². The number of methoxy groups -OCH3 is 1. The summed E-state index contributed by atoms with van der Waals surface area (Å²) in [5, 5.41) is 12.8. The van der Waals surface area contributed by atoms with Gasteiger partial charge in [0, 0.05) is 11.4 Å². The fraction of sp³-hybridized carbons (Fsp3) is 0.440. The van der Waals surface area contributed by atoms with E-state index in [-0.39, 0.29) is 17.8 Å². The molecule has 0 spiro atoms. The molecule has 1 aliphatic rings. The Kier molecular flexibility index (Phi) is 8.12. The predicted octanol–water partition coefficient (Wildman–Crippen LogP) is 5.20. The number of thioether (sulfide) groups is 1. The lowest BCUT2D eigenvalue weighted by molar-refractivity contribution is -0.113. The second-order valence-corrected chi connectivity index (χ2v) is 10.4. The number of carbonyl (C=O) groups excluding carboxylic acids is 2. The average Bonchev–Trinajstić information content (AvgIpc) is 3.44. The molecule has 1 N–H and O–H groups in total. The van der Waals surface area contributed by atoms with Gasteiger partial charge in [-0.15, -0.1) is 21.5 Å². The van der Waals surface area contributed by atoms with E-state index in [1.165, 1.54) is 35.8 Å². The van der Waals surface area contributed by atoms with Crippen molar-refractivity contribution < 1.29 is 19.1 Å². The van der Waals surface area contributed by atoms with Crippen LogP contribution in [0.15, 0.2) is 29.4 Å². The topological polar surface area (TPSA) is 95.3 Å². The maximum Gasteiger partial charge on any atom is 0.341 e. The van der Waals surface area contributed by atoms with E-state index in [2.05, 4.69) is 15.5 Å². The SMILES string of the molecule is CCn1c(SCC(=O)Nc2sc3c(c2C(=O)OC)CCCC3)nnc1C(C)Oc1ccc(C)cc1. The number of hydrogen-bond donors (Lipinski definition) is 1. The third kappa shape index (κ3) is 5.70. The van der Waals surface area contributed by atoms with Crippen molar-refractivity contribution in [2.45, 2.75) is 64.3 Å². The van der Waals surface area contributed by atoms with Gasteiger partial charge in [0.2, 0.25) is 5.91 Å². The van der Waals surface area contributed by atoms with Crippen molar-refractivity contribution in [3.05, 3.63) is 51.7 Å². The van der Waals surface area contributed by atoms with Crippen LogP contribution in [-0.2, 0) is 28.9 Å². The van der Waals surface area contributed by atoms with Crippen LogP contribution in [0.4, 0.5) is 5.00 Å². The number of rotatable bonds is 9. The monoisotopic (exact) mass is 514 g/mol. The Hall–Kier alpha value is -2.85. The van der Waals surface area contributed by atoms with Gasteiger partial charge in [-0.3, -0.25) is 4.79 Å². The number of aryl methyl sites for hydroxylation is 2. The predicted molar refractivity (Wildman–Crippen MR) is 138 cm³/mol. The van der Waals surface area contributed by atoms with Gasteiger partial charge >= 0.3 is 5.97 Å². The summed E-state index contributed by atoms with van der Waals surface area (Å²) in [5.74, 6) is 1.02. The Morgan fingerprint density at radius 1 is 1.20 bits per heavy atom. The Balaban J connectivity index is 1.42. The molecule has 0 radical (unpaired) electrons. The standard InChI is InChI=1S/C25H30N4O4S2/c1-5-29-22(16(3)33-17-12-10-15(2)11-13-17)27-28-25(29)34-14-20(30)26-23-21(24(31)32-4)18-8-6-7-9-19(18)35-23/h10-13,16H,5-9,14H2,1-4H3,(H,26,30). The molecule has 1 amide bonds. The average molecular weight is 515 g/mol. The first-order valence-electron chi connectivity index (χ1n) is 11.7. The zero-order valence-corrected chi connectivity index (χ0v) is 22.1. The highest BCUT2D eigenvalue weighted by atomic mass is 32.2. The molecule has 0 fully saturated rings. The number of carbonyl (C=O) groups is 2. The van der Waals surface area contributed by atoms with E-state index in [1.54, 1.807) is 0 Å². The van der Waals surface area contributed by atoms with Crippen molar-refractivity contribution in [2.75, 3.05) is 18.2 Å². The van der Waals surface area contributed by atoms with Crippen molar-refractivity contribution >= 4 is 40.0 Å². The normalized spacial score (nSPS) is 13.7. The maximum atomic E-state index is 12.8. The molecule has 3 aromatic rings. The zero-order chi connectivity index (χ0) is 24.9. The van der Waals surface area contributed by atoms with Gasteiger partial charge in [0.05, 0.1) is 18.4 Å². The number of fused-ring (bicyclic) bond motifs is 1. The number of benzene rings is 1. The minimum Gasteiger partial charge on any atom is -0.483 e. The van der Waals surface area contributed by atoms with E-state index in [0.29, 0.717) is 28.1 Å². The van der Waals surface area contributed by atoms with Crippen LogP contribution in [0.3, 0.4) is 0 Å². The number of thiophene rings is 1. The lowest BCUT2D eigenvalue weighted by atomic mass is 9.95. The fourth-order valence-corrected chi connectivity index (χ4v) is 6.25. The molecule has 0 saturated heterocycles. The van der Waals surface area contributed by atoms with Gasteiger partial charge in [-0.05, 0) is 64.2 Å². The summed E-state index contributed by atoms with van der Waals surface area (Å²) in [6.07, 6.45) is 3.61. The number of esters is 1. The lowest BCUT2D eigenvalue weighted by Crippen LogP contribution is -2.17. The second-order valence-electron chi connectivity index (χ2n) is 8.40. The summed E-state index contributed by atoms with van der Waals surface area (Å²) in [5.41, 5.74) is 2.70. The molecule has 0 aliphatic heterocycles. The Bertz CT molecular complexity index is 1200. The summed E-state index contributed by atoms with van der Waals surface area (Å²) in [6.45, 7) is 6.63. The lowest BCUT2D eigenvalue weighted by Gasteiger charge is -2.15. The third-order valence-corrected chi connectivity index (χ3v) is 8.08. The summed E-state index contributed by atoms with van der Waals surface area (Å²) in [4.78, 5) is 26.4. The summed E-state index contributed by atoms with van der Waals surface area (Å²) in [6, 6.07) is 7.87. The molecule has 35 heavy (non-hydrogen) atoms. The summed E-state index contributed by atoms with van der Waals surface area (Å²) < 4.78 is 13.0. The number of nitrogens with zero attached hydrogens (tertiary/aromatic N) is 3. The highest BCUT2D eigenvalue weighted by Crippen LogP contribution is 2.38. The molecule has 0 bridgehead atoms. The molecule has 1 atom stereocenters. The van der Waals surface area contributed by atoms with Gasteiger partial charge in [0.1, 0.15) is 10.8 Å². The van der Waals surface area contributed by atoms with Crippen molar-refractivity contribution in [1.29, 1.82) is 0 Å². The van der Waals surface area contributed by atoms with E-state index in [0.717, 1.165) is 41.9 Å². The van der Waals surface area contributed by atoms with Gasteiger partial charge in [-0.1, -0.05) is 29.5 Å². The number of anilines is 1. The van der Waals surface area contributed by atoms with Crippen LogP contribution < -0.4 is 10.1 Å². The Labute approximate surface area is 213 Å². The summed E-state index contributed by atoms with van der Waals surface area (Å²) in [7, 11) is 1.37. The van der Waals surface area contributed by atoms with E-state index in [1.807, 2.05) is 49.6 Å². The highest BCUT2D eigenvalue weighted by molar-refractivity contribution is 7.99. The van der Waals surface area contributed by atoms with E-state index in [4.69, 9.17) is 9.47 Å². The minimum absolute atomic E-state index is 0.147. The van der Waals surface area contributed by atoms with Crippen LogP contribution >= 0.6 is 23.1 Å². The molecule has 2 heterocycles. The van der Waals surface area contributed by atoms with Crippen LogP contribution in [0.1, 0.15) is 65.0 Å². The first-order valence-corrected chi connectivity index (χ1v) is 13.5. The van der Waals surface area contributed by atoms with Crippen LogP contribution in [0, 0.1) is 6.92 Å². The number of hydrogen-bond acceptors (Lipinski definition) is 8. The molecule has 4 rings (SSSR count). The smallest absolute Gasteiger partial charge is 0.341 e. The van der Waals surface area contributed by atoms with Gasteiger partial charge in [0.25, 0.3) is 0 Å². The first-order chi connectivity index (χ1) is 16.9. The van der Waals surface area contributed by atoms with Gasteiger partial charge < -0.3 is 19.4 Å². The Morgan fingerprint density at radius 2 is 1.94 bits per heavy atom. The van der Waals surface area contributed by atoms with Crippen LogP contribution in [0.25, 0.3) is 0 Å². The number of aromatic nitrogens is 3. The summed E-state index contributed by atoms with van der Waals surface area (Å²) >= 11 is 2.79. The molecule has 8 nitrogen and oxygen atoms in total. The van der Waals surface area contributed by atoms with Crippen molar-refractivity contribution in [3.8, 4) is 5.75 Å². The highest BCUT2D eigenvalue weighted by Gasteiger charge is 2.27. The van der Waals surface area contributed by atoms with E-state index >= 15 is 0 Å². The Morgan fingerprint density at radius 3 is 2.66 bits per heavy atom. The number of ether oxygens (including phenoxy) is 2. The quantitative estimate of drug-likeness (QED) is 0.310. The third-order valence-electron chi connectivity index (χ3n) is 5.91. The molecule has 1 unspecified atom stereocenters. The van der Waals surface area contributed by atoms with Gasteiger partial charge in [0.15, 0.2) is 17.1 Å². The van der Waals surface area contributed by atoms with Gasteiger partial charge in [-0.2, -0.15) is 0 Å². The molecular weight excluding hydrogens is 484 g/mol. The maximum absolute atomic E-state index is 12.8. The second kappa shape index (κ2) is 11.3. The van der Waals surface area contributed by atoms with Gasteiger partial charge in [-0.25, -0.2) is 4.79 Å². The fourth-order valence-electron chi connectivity index (χ4n) is 4.14. The minimum atomic E-state index is -0.398. The van der Waals surface area contributed by atoms with Crippen LogP contribution in [0.5, 0.6) is 5.75 Å². The molecule has 10 heteroatoms. The molecule has 1 aliphatic carbocycles. The zero-order valence-electron chi connectivity index (χ0n) is 20.4. The van der Waals surface area contributed by atoms with Crippen LogP contribution in [-0.4, -0.2) is 39.5 Å². The molecule has 1 aromatic carbocycles. The van der Waals surface area contributed by atoms with Crippen molar-refractivity contribution in [2.24, 2.45) is 0 Å². The van der Waals surface area contributed by atoms with Crippen molar-refractivity contribution in [3.63, 3.8) is 0 Å².